The van der Waals surface area contributed by atoms with Gasteiger partial charge in [-0.1, -0.05) is 30.7 Å². The first kappa shape index (κ1) is 24.6. The molecule has 10 nitrogen and oxygen atoms in total. The standard InChI is InChI=1S/C27H30N8O2S/c1-17-7-8-22(19-9-11-34(12-10-19)38(36,37)27-30-16-31-33-27)18(2)26(28)35-25(17)23(15-32-35)21-13-20-5-3-4-6-24(20)29-14-21/h3-6,13-17,19,28H,7-12H2,1-2H3,(H,30,31,33). The summed E-state index contributed by atoms with van der Waals surface area (Å²) in [5.74, 6) is 0.803. The minimum atomic E-state index is -3.67. The molecule has 196 valence electrons. The van der Waals surface area contributed by atoms with Crippen molar-refractivity contribution in [1.82, 2.24) is 34.3 Å². The van der Waals surface area contributed by atoms with Gasteiger partial charge in [-0.25, -0.2) is 23.2 Å². The van der Waals surface area contributed by atoms with Gasteiger partial charge in [0.2, 0.25) is 0 Å². The van der Waals surface area contributed by atoms with Gasteiger partial charge in [-0.3, -0.25) is 10.4 Å². The van der Waals surface area contributed by atoms with Crippen LogP contribution in [0.25, 0.3) is 22.0 Å². The highest BCUT2D eigenvalue weighted by atomic mass is 32.2. The average Bonchev–Trinajstić information content (AvgIpc) is 3.63. The molecule has 1 unspecified atom stereocenters. The second kappa shape index (κ2) is 9.55. The Kier molecular flexibility index (Phi) is 6.19. The normalized spacial score (nSPS) is 19.9. The van der Waals surface area contributed by atoms with Gasteiger partial charge in [0.1, 0.15) is 12.2 Å². The third-order valence-corrected chi connectivity index (χ3v) is 9.72. The van der Waals surface area contributed by atoms with Crippen molar-refractivity contribution in [2.24, 2.45) is 5.92 Å². The molecule has 5 heterocycles. The van der Waals surface area contributed by atoms with Crippen LogP contribution in [0.4, 0.5) is 0 Å². The monoisotopic (exact) mass is 530 g/mol. The summed E-state index contributed by atoms with van der Waals surface area (Å²) in [6.07, 6.45) is 8.18. The Balaban J connectivity index is 1.28. The van der Waals surface area contributed by atoms with E-state index in [1.165, 1.54) is 16.2 Å². The highest BCUT2D eigenvalue weighted by molar-refractivity contribution is 7.88. The molecule has 2 aliphatic heterocycles. The molecule has 0 amide bonds. The molecule has 0 radical (unpaired) electrons. The second-order valence-corrected chi connectivity index (χ2v) is 12.0. The van der Waals surface area contributed by atoms with Gasteiger partial charge in [0.15, 0.2) is 0 Å². The van der Waals surface area contributed by atoms with E-state index >= 15 is 0 Å². The minimum Gasteiger partial charge on any atom is -0.283 e. The van der Waals surface area contributed by atoms with Gasteiger partial charge < -0.3 is 0 Å². The van der Waals surface area contributed by atoms with Gasteiger partial charge in [0.25, 0.3) is 15.2 Å². The molecule has 38 heavy (non-hydrogen) atoms. The molecular weight excluding hydrogens is 500 g/mol. The Morgan fingerprint density at radius 2 is 1.87 bits per heavy atom. The van der Waals surface area contributed by atoms with Crippen LogP contribution in [-0.2, 0) is 10.0 Å². The summed E-state index contributed by atoms with van der Waals surface area (Å²) in [5.41, 5.74) is 6.19. The SMILES string of the molecule is CC1=C(C2CCN(S(=O)(=O)c3ncn[nH]3)CC2)CCC(C)c2c(-c3cnc4ccccc4c3)cnn2C1=N. The Morgan fingerprint density at radius 1 is 1.08 bits per heavy atom. The highest BCUT2D eigenvalue weighted by Crippen LogP contribution is 2.39. The van der Waals surface area contributed by atoms with Gasteiger partial charge in [-0.15, -0.1) is 0 Å². The number of nitrogens with one attached hydrogen (secondary N) is 2. The minimum absolute atomic E-state index is 0.114. The van der Waals surface area contributed by atoms with E-state index in [1.807, 2.05) is 37.5 Å². The first-order valence-electron chi connectivity index (χ1n) is 12.9. The Hall–Kier alpha value is -3.70. The summed E-state index contributed by atoms with van der Waals surface area (Å²) in [6.45, 7) is 5.04. The number of aromatic nitrogens is 6. The van der Waals surface area contributed by atoms with Crippen LogP contribution in [0.15, 0.2) is 65.4 Å². The van der Waals surface area contributed by atoms with E-state index in [9.17, 15) is 8.42 Å². The van der Waals surface area contributed by atoms with Crippen molar-refractivity contribution in [1.29, 1.82) is 5.41 Å². The molecular formula is C27H30N8O2S. The zero-order chi connectivity index (χ0) is 26.4. The van der Waals surface area contributed by atoms with E-state index in [4.69, 9.17) is 5.41 Å². The molecule has 2 aliphatic rings. The van der Waals surface area contributed by atoms with Gasteiger partial charge in [0, 0.05) is 35.8 Å². The molecule has 0 saturated carbocycles. The maximum atomic E-state index is 12.9. The van der Waals surface area contributed by atoms with E-state index in [-0.39, 0.29) is 17.0 Å². The lowest BCUT2D eigenvalue weighted by atomic mass is 9.81. The summed E-state index contributed by atoms with van der Waals surface area (Å²) in [5, 5.41) is 20.9. The molecule has 1 aromatic carbocycles. The quantitative estimate of drug-likeness (QED) is 0.403. The van der Waals surface area contributed by atoms with Gasteiger partial charge in [0.05, 0.1) is 17.4 Å². The van der Waals surface area contributed by atoms with Crippen LogP contribution in [0.5, 0.6) is 0 Å². The molecule has 1 fully saturated rings. The summed E-state index contributed by atoms with van der Waals surface area (Å²) in [4.78, 5) is 8.48. The third-order valence-electron chi connectivity index (χ3n) is 7.99. The maximum absolute atomic E-state index is 12.9. The molecule has 4 aromatic rings. The smallest absolute Gasteiger partial charge is 0.278 e. The zero-order valence-corrected chi connectivity index (χ0v) is 22.2. The van der Waals surface area contributed by atoms with Crippen LogP contribution in [0, 0.1) is 11.3 Å². The van der Waals surface area contributed by atoms with Crippen molar-refractivity contribution in [3.63, 3.8) is 0 Å². The van der Waals surface area contributed by atoms with E-state index in [0.29, 0.717) is 31.8 Å². The second-order valence-electron chi connectivity index (χ2n) is 10.2. The van der Waals surface area contributed by atoms with E-state index in [2.05, 4.69) is 44.3 Å². The van der Waals surface area contributed by atoms with Gasteiger partial charge >= 0.3 is 0 Å². The Bertz CT molecular complexity index is 1650. The fraction of sp³-hybridized carbons (Fsp3) is 0.370. The number of allylic oxidation sites excluding steroid dienone is 2. The topological polar surface area (TPSA) is 134 Å². The number of H-pyrrole nitrogens is 1. The molecule has 6 rings (SSSR count). The number of sulfonamides is 1. The number of hydrogen-bond acceptors (Lipinski definition) is 7. The number of pyridine rings is 1. The van der Waals surface area contributed by atoms with Crippen LogP contribution < -0.4 is 0 Å². The first-order valence-corrected chi connectivity index (χ1v) is 14.4. The number of fused-ring (bicyclic) bond motifs is 2. The molecule has 0 aliphatic carbocycles. The summed E-state index contributed by atoms with van der Waals surface area (Å²) < 4.78 is 29.0. The van der Waals surface area contributed by atoms with Crippen molar-refractivity contribution in [3.05, 3.63) is 65.9 Å². The predicted molar refractivity (Wildman–Crippen MR) is 144 cm³/mol. The zero-order valence-electron chi connectivity index (χ0n) is 21.4. The van der Waals surface area contributed by atoms with Crippen molar-refractivity contribution in [2.45, 2.75) is 50.6 Å². The Morgan fingerprint density at radius 3 is 2.63 bits per heavy atom. The molecule has 3 aromatic heterocycles. The van der Waals surface area contributed by atoms with E-state index < -0.39 is 10.0 Å². The average molecular weight is 531 g/mol. The third kappa shape index (κ3) is 4.15. The van der Waals surface area contributed by atoms with E-state index in [0.717, 1.165) is 46.1 Å². The van der Waals surface area contributed by atoms with Crippen molar-refractivity contribution >= 4 is 26.8 Å². The summed E-state index contributed by atoms with van der Waals surface area (Å²) in [7, 11) is -3.67. The molecule has 2 N–H and O–H groups in total. The number of piperidine rings is 1. The van der Waals surface area contributed by atoms with Gasteiger partial charge in [-0.2, -0.15) is 14.5 Å². The lowest BCUT2D eigenvalue weighted by Crippen LogP contribution is -2.39. The number of aromatic amines is 1. The van der Waals surface area contributed by atoms with Crippen LogP contribution in [0.3, 0.4) is 0 Å². The fourth-order valence-electron chi connectivity index (χ4n) is 5.85. The predicted octanol–water partition coefficient (Wildman–Crippen LogP) is 4.36. The molecule has 11 heteroatoms. The molecule has 1 saturated heterocycles. The molecule has 0 spiro atoms. The number of nitrogens with zero attached hydrogens (tertiary/aromatic N) is 6. The maximum Gasteiger partial charge on any atom is 0.278 e. The fourth-order valence-corrected chi connectivity index (χ4v) is 7.14. The van der Waals surface area contributed by atoms with Crippen molar-refractivity contribution in [2.75, 3.05) is 13.1 Å². The van der Waals surface area contributed by atoms with Crippen molar-refractivity contribution in [3.8, 4) is 11.1 Å². The number of benzene rings is 1. The lowest BCUT2D eigenvalue weighted by Gasteiger charge is -2.34. The van der Waals surface area contributed by atoms with Crippen LogP contribution in [-0.4, -0.2) is 61.6 Å². The van der Waals surface area contributed by atoms with Crippen LogP contribution in [0.1, 0.15) is 51.1 Å². The number of hydrogen-bond donors (Lipinski definition) is 2. The number of para-hydroxylation sites is 1. The first-order chi connectivity index (χ1) is 18.3. The van der Waals surface area contributed by atoms with E-state index in [1.54, 1.807) is 4.68 Å². The Labute approximate surface area is 221 Å². The van der Waals surface area contributed by atoms with Crippen LogP contribution in [0.2, 0.25) is 0 Å². The number of rotatable bonds is 4. The largest absolute Gasteiger partial charge is 0.283 e. The summed E-state index contributed by atoms with van der Waals surface area (Å²) in [6, 6.07) is 10.2. The van der Waals surface area contributed by atoms with Crippen molar-refractivity contribution < 1.29 is 8.42 Å². The lowest BCUT2D eigenvalue weighted by molar-refractivity contribution is 0.291. The molecule has 1 atom stereocenters. The summed E-state index contributed by atoms with van der Waals surface area (Å²) >= 11 is 0. The highest BCUT2D eigenvalue weighted by Gasteiger charge is 2.34. The van der Waals surface area contributed by atoms with Crippen LogP contribution >= 0.6 is 0 Å². The van der Waals surface area contributed by atoms with Gasteiger partial charge in [-0.05, 0) is 62.1 Å². The molecule has 0 bridgehead atoms.